The number of nitrogens with zero attached hydrogens (tertiary/aromatic N) is 4. The van der Waals surface area contributed by atoms with Crippen LogP contribution in [0.4, 0.5) is 0 Å². The molecule has 4 rings (SSSR count). The maximum atomic E-state index is 12.4. The quantitative estimate of drug-likeness (QED) is 0.698. The fourth-order valence-electron chi connectivity index (χ4n) is 3.23. The van der Waals surface area contributed by atoms with Crippen molar-refractivity contribution in [2.24, 2.45) is 0 Å². The molecule has 3 aromatic rings. The summed E-state index contributed by atoms with van der Waals surface area (Å²) in [5.74, 6) is 0.544. The van der Waals surface area contributed by atoms with Gasteiger partial charge in [-0.2, -0.15) is 10.2 Å². The van der Waals surface area contributed by atoms with Gasteiger partial charge >= 0.3 is 0 Å². The Labute approximate surface area is 155 Å². The number of nitrogens with one attached hydrogen (secondary N) is 1. The van der Waals surface area contributed by atoms with Crippen LogP contribution in [0.25, 0.3) is 10.9 Å². The summed E-state index contributed by atoms with van der Waals surface area (Å²) in [6.45, 7) is 4.58. The lowest BCUT2D eigenvalue weighted by Crippen LogP contribution is -2.26. The number of aromatic nitrogens is 4. The van der Waals surface area contributed by atoms with Crippen molar-refractivity contribution in [2.75, 3.05) is 13.2 Å². The maximum absolute atomic E-state index is 12.4. The Morgan fingerprint density at radius 1 is 1.42 bits per heavy atom. The summed E-state index contributed by atoms with van der Waals surface area (Å²) in [6.07, 6.45) is 3.45. The van der Waals surface area contributed by atoms with E-state index >= 15 is 0 Å². The fourth-order valence-corrected chi connectivity index (χ4v) is 3.45. The van der Waals surface area contributed by atoms with Gasteiger partial charge in [0.05, 0.1) is 23.3 Å². The van der Waals surface area contributed by atoms with E-state index < -0.39 is 0 Å². The zero-order valence-corrected chi connectivity index (χ0v) is 15.3. The van der Waals surface area contributed by atoms with Crippen LogP contribution < -0.4 is 10.1 Å². The molecule has 0 bridgehead atoms. The third kappa shape index (κ3) is 3.03. The van der Waals surface area contributed by atoms with Gasteiger partial charge < -0.3 is 10.1 Å². The molecule has 26 heavy (non-hydrogen) atoms. The van der Waals surface area contributed by atoms with Gasteiger partial charge in [0.15, 0.2) is 5.69 Å². The lowest BCUT2D eigenvalue weighted by Gasteiger charge is -2.14. The number of ether oxygens (including phenoxy) is 1. The van der Waals surface area contributed by atoms with Gasteiger partial charge in [0.25, 0.3) is 5.91 Å². The van der Waals surface area contributed by atoms with E-state index in [1.165, 1.54) is 0 Å². The molecule has 0 aliphatic carbocycles. The Kier molecular flexibility index (Phi) is 4.55. The Morgan fingerprint density at radius 3 is 3.15 bits per heavy atom. The van der Waals surface area contributed by atoms with Crippen LogP contribution in [0, 0.1) is 6.92 Å². The number of carbonyl (C=O) groups is 1. The number of benzene rings is 1. The number of fused-ring (bicyclic) bond motifs is 2. The molecule has 1 amide bonds. The molecule has 136 valence electrons. The van der Waals surface area contributed by atoms with Gasteiger partial charge in [-0.1, -0.05) is 17.7 Å². The first-order valence-electron chi connectivity index (χ1n) is 8.73. The summed E-state index contributed by atoms with van der Waals surface area (Å²) in [5.41, 5.74) is 2.24. The lowest BCUT2D eigenvalue weighted by molar-refractivity contribution is 0.0946. The molecule has 0 fully saturated rings. The molecular weight excluding hydrogens is 354 g/mol. The number of amides is 1. The van der Waals surface area contributed by atoms with E-state index in [-0.39, 0.29) is 5.91 Å². The van der Waals surface area contributed by atoms with Crippen LogP contribution in [0.3, 0.4) is 0 Å². The maximum Gasteiger partial charge on any atom is 0.272 e. The van der Waals surface area contributed by atoms with Crippen molar-refractivity contribution >= 4 is 28.4 Å². The minimum atomic E-state index is -0.165. The number of carbonyl (C=O) groups excluding carboxylic acids is 1. The van der Waals surface area contributed by atoms with E-state index in [9.17, 15) is 4.79 Å². The molecule has 1 N–H and O–H groups in total. The number of hydrogen-bond acceptors (Lipinski definition) is 4. The van der Waals surface area contributed by atoms with Crippen LogP contribution >= 0.6 is 11.6 Å². The van der Waals surface area contributed by atoms with Crippen molar-refractivity contribution in [1.29, 1.82) is 0 Å². The molecule has 1 aliphatic rings. The molecule has 2 aromatic heterocycles. The van der Waals surface area contributed by atoms with Crippen LogP contribution in [-0.2, 0) is 13.1 Å². The molecule has 0 spiro atoms. The predicted molar refractivity (Wildman–Crippen MR) is 98.8 cm³/mol. The smallest absolute Gasteiger partial charge is 0.272 e. The number of aryl methyl sites for hydroxylation is 2. The Bertz CT molecular complexity index is 962. The predicted octanol–water partition coefficient (Wildman–Crippen LogP) is 2.80. The minimum absolute atomic E-state index is 0.165. The molecule has 0 unspecified atom stereocenters. The van der Waals surface area contributed by atoms with Gasteiger partial charge in [0.2, 0.25) is 5.88 Å². The van der Waals surface area contributed by atoms with Gasteiger partial charge in [0.1, 0.15) is 0 Å². The second kappa shape index (κ2) is 6.99. The second-order valence-corrected chi connectivity index (χ2v) is 6.76. The van der Waals surface area contributed by atoms with Gasteiger partial charge in [-0.25, -0.2) is 4.68 Å². The number of halogens is 1. The van der Waals surface area contributed by atoms with Crippen LogP contribution in [0.5, 0.6) is 5.88 Å². The highest BCUT2D eigenvalue weighted by Gasteiger charge is 2.22. The summed E-state index contributed by atoms with van der Waals surface area (Å²) in [4.78, 5) is 12.4. The molecule has 0 saturated heterocycles. The SMILES string of the molecule is Cc1c(C(=O)NCCCn2ncc3c(Cl)cccc32)nn2c1OCCC2. The van der Waals surface area contributed by atoms with Crippen molar-refractivity contribution in [3.05, 3.63) is 40.7 Å². The van der Waals surface area contributed by atoms with Crippen LogP contribution in [0.2, 0.25) is 5.02 Å². The molecule has 3 heterocycles. The summed E-state index contributed by atoms with van der Waals surface area (Å²) in [7, 11) is 0. The lowest BCUT2D eigenvalue weighted by atomic mass is 10.2. The Balaban J connectivity index is 1.35. The standard InChI is InChI=1S/C18H20ClN5O2/c1-12-16(22-24-9-4-10-26-18(12)24)17(25)20-7-3-8-23-15-6-2-5-14(19)13(15)11-21-23/h2,5-6,11H,3-4,7-10H2,1H3,(H,20,25). The third-order valence-corrected chi connectivity index (χ3v) is 4.90. The fraction of sp³-hybridized carbons (Fsp3) is 0.389. The molecule has 1 aromatic carbocycles. The van der Waals surface area contributed by atoms with E-state index in [4.69, 9.17) is 16.3 Å². The first-order valence-corrected chi connectivity index (χ1v) is 9.11. The van der Waals surface area contributed by atoms with E-state index in [1.54, 1.807) is 10.9 Å². The van der Waals surface area contributed by atoms with Gasteiger partial charge in [-0.15, -0.1) is 0 Å². The van der Waals surface area contributed by atoms with Crippen LogP contribution in [-0.4, -0.2) is 38.6 Å². The van der Waals surface area contributed by atoms with Crippen molar-refractivity contribution in [3.8, 4) is 5.88 Å². The van der Waals surface area contributed by atoms with Crippen LogP contribution in [0.15, 0.2) is 24.4 Å². The largest absolute Gasteiger partial charge is 0.478 e. The third-order valence-electron chi connectivity index (χ3n) is 4.57. The highest BCUT2D eigenvalue weighted by atomic mass is 35.5. The van der Waals surface area contributed by atoms with Gasteiger partial charge in [-0.3, -0.25) is 9.48 Å². The van der Waals surface area contributed by atoms with E-state index in [2.05, 4.69) is 15.5 Å². The molecule has 8 heteroatoms. The summed E-state index contributed by atoms with van der Waals surface area (Å²) in [5, 5.41) is 13.3. The molecule has 7 nitrogen and oxygen atoms in total. The number of hydrogen-bond donors (Lipinski definition) is 1. The highest BCUT2D eigenvalue weighted by molar-refractivity contribution is 6.35. The Morgan fingerprint density at radius 2 is 2.31 bits per heavy atom. The number of rotatable bonds is 5. The van der Waals surface area contributed by atoms with Crippen LogP contribution in [0.1, 0.15) is 28.9 Å². The van der Waals surface area contributed by atoms with Crippen molar-refractivity contribution in [3.63, 3.8) is 0 Å². The van der Waals surface area contributed by atoms with Crippen molar-refractivity contribution in [1.82, 2.24) is 24.9 Å². The minimum Gasteiger partial charge on any atom is -0.478 e. The first-order chi connectivity index (χ1) is 12.6. The normalized spacial score (nSPS) is 13.5. The zero-order chi connectivity index (χ0) is 18.1. The molecule has 0 radical (unpaired) electrons. The average Bonchev–Trinajstić information content (AvgIpc) is 3.21. The van der Waals surface area contributed by atoms with E-state index in [0.29, 0.717) is 36.3 Å². The first kappa shape index (κ1) is 16.9. The van der Waals surface area contributed by atoms with Gasteiger partial charge in [0, 0.05) is 37.0 Å². The molecule has 1 aliphatic heterocycles. The monoisotopic (exact) mass is 373 g/mol. The second-order valence-electron chi connectivity index (χ2n) is 6.35. The van der Waals surface area contributed by atoms with Crippen molar-refractivity contribution < 1.29 is 9.53 Å². The summed E-state index contributed by atoms with van der Waals surface area (Å²) >= 11 is 6.17. The zero-order valence-electron chi connectivity index (χ0n) is 14.5. The molecular formula is C18H20ClN5O2. The van der Waals surface area contributed by atoms with Crippen molar-refractivity contribution in [2.45, 2.75) is 32.9 Å². The van der Waals surface area contributed by atoms with E-state index in [0.717, 1.165) is 35.9 Å². The average molecular weight is 374 g/mol. The van der Waals surface area contributed by atoms with E-state index in [1.807, 2.05) is 29.8 Å². The Hall–Kier alpha value is -2.54. The topological polar surface area (TPSA) is 74.0 Å². The molecule has 0 atom stereocenters. The highest BCUT2D eigenvalue weighted by Crippen LogP contribution is 2.25. The summed E-state index contributed by atoms with van der Waals surface area (Å²) < 4.78 is 9.28. The molecule has 0 saturated carbocycles. The van der Waals surface area contributed by atoms with Gasteiger partial charge in [-0.05, 0) is 25.5 Å². The summed E-state index contributed by atoms with van der Waals surface area (Å²) in [6, 6.07) is 5.76.